The second kappa shape index (κ2) is 9.65. The van der Waals surface area contributed by atoms with Gasteiger partial charge in [-0.2, -0.15) is 5.26 Å². The lowest BCUT2D eigenvalue weighted by atomic mass is 10.0. The minimum atomic E-state index is -0.515. The molecule has 0 aliphatic carbocycles. The van der Waals surface area contributed by atoms with E-state index in [1.54, 1.807) is 18.2 Å². The van der Waals surface area contributed by atoms with Gasteiger partial charge in [-0.15, -0.1) is 0 Å². The standard InChI is InChI=1S/C21H22ClN3O2/c1-4-14-7-6-8-15(5-2)20(14)24-13-16(12-23)21(26)25-17-9-10-19(27-3)18(22)11-17/h6-11,13,24H,4-5H2,1-3H3,(H,25,26)/b16-13-. The third-order valence-electron chi connectivity index (χ3n) is 4.13. The molecular formula is C21H22ClN3O2. The number of aryl methyl sites for hydroxylation is 2. The Morgan fingerprint density at radius 1 is 1.22 bits per heavy atom. The molecule has 0 saturated carbocycles. The monoisotopic (exact) mass is 383 g/mol. The molecule has 2 aromatic carbocycles. The molecule has 0 spiro atoms. The van der Waals surface area contributed by atoms with Crippen molar-refractivity contribution in [1.82, 2.24) is 0 Å². The summed E-state index contributed by atoms with van der Waals surface area (Å²) in [6, 6.07) is 12.9. The Labute approximate surface area is 164 Å². The van der Waals surface area contributed by atoms with E-state index in [9.17, 15) is 10.1 Å². The lowest BCUT2D eigenvalue weighted by Gasteiger charge is -2.13. The number of nitrogens with one attached hydrogen (secondary N) is 2. The minimum Gasteiger partial charge on any atom is -0.495 e. The van der Waals surface area contributed by atoms with E-state index in [4.69, 9.17) is 16.3 Å². The molecule has 0 radical (unpaired) electrons. The van der Waals surface area contributed by atoms with Crippen LogP contribution in [0.25, 0.3) is 0 Å². The summed E-state index contributed by atoms with van der Waals surface area (Å²) >= 11 is 6.07. The lowest BCUT2D eigenvalue weighted by molar-refractivity contribution is -0.112. The van der Waals surface area contributed by atoms with Gasteiger partial charge in [-0.25, -0.2) is 0 Å². The Balaban J connectivity index is 2.20. The van der Waals surface area contributed by atoms with E-state index in [1.807, 2.05) is 24.3 Å². The average molecular weight is 384 g/mol. The molecule has 0 atom stereocenters. The number of para-hydroxylation sites is 1. The van der Waals surface area contributed by atoms with Crippen LogP contribution in [0.1, 0.15) is 25.0 Å². The summed E-state index contributed by atoms with van der Waals surface area (Å²) in [5.74, 6) is -0.00564. The maximum Gasteiger partial charge on any atom is 0.267 e. The van der Waals surface area contributed by atoms with Gasteiger partial charge in [0.1, 0.15) is 17.4 Å². The third-order valence-corrected chi connectivity index (χ3v) is 4.43. The molecule has 2 N–H and O–H groups in total. The maximum absolute atomic E-state index is 12.4. The number of carbonyl (C=O) groups is 1. The summed E-state index contributed by atoms with van der Waals surface area (Å²) in [4.78, 5) is 12.4. The van der Waals surface area contributed by atoms with Crippen molar-refractivity contribution in [3.05, 3.63) is 64.3 Å². The predicted molar refractivity (Wildman–Crippen MR) is 109 cm³/mol. The van der Waals surface area contributed by atoms with E-state index in [1.165, 1.54) is 13.3 Å². The molecule has 0 heterocycles. The molecule has 0 aromatic heterocycles. The zero-order chi connectivity index (χ0) is 19.8. The summed E-state index contributed by atoms with van der Waals surface area (Å²) in [7, 11) is 1.51. The molecule has 0 saturated heterocycles. The van der Waals surface area contributed by atoms with Crippen molar-refractivity contribution in [2.75, 3.05) is 17.7 Å². The summed E-state index contributed by atoms with van der Waals surface area (Å²) in [5.41, 5.74) is 3.65. The fourth-order valence-corrected chi connectivity index (χ4v) is 2.92. The highest BCUT2D eigenvalue weighted by Crippen LogP contribution is 2.27. The smallest absolute Gasteiger partial charge is 0.267 e. The van der Waals surface area contributed by atoms with Crippen molar-refractivity contribution < 1.29 is 9.53 Å². The Hall–Kier alpha value is -2.97. The van der Waals surface area contributed by atoms with Crippen molar-refractivity contribution >= 4 is 28.9 Å². The molecule has 0 unspecified atom stereocenters. The molecule has 0 aliphatic rings. The molecule has 5 nitrogen and oxygen atoms in total. The summed E-state index contributed by atoms with van der Waals surface area (Å²) < 4.78 is 5.09. The average Bonchev–Trinajstić information content (AvgIpc) is 2.68. The molecular weight excluding hydrogens is 362 g/mol. The van der Waals surface area contributed by atoms with Crippen LogP contribution in [0.2, 0.25) is 5.02 Å². The lowest BCUT2D eigenvalue weighted by Crippen LogP contribution is -2.15. The van der Waals surface area contributed by atoms with E-state index in [0.717, 1.165) is 29.7 Å². The Morgan fingerprint density at radius 3 is 2.41 bits per heavy atom. The van der Waals surface area contributed by atoms with Crippen LogP contribution >= 0.6 is 11.6 Å². The van der Waals surface area contributed by atoms with Crippen LogP contribution in [-0.4, -0.2) is 13.0 Å². The molecule has 1 amide bonds. The number of nitrogens with zero attached hydrogens (tertiary/aromatic N) is 1. The quantitative estimate of drug-likeness (QED) is 0.525. The van der Waals surface area contributed by atoms with Crippen LogP contribution in [0.5, 0.6) is 5.75 Å². The van der Waals surface area contributed by atoms with E-state index < -0.39 is 5.91 Å². The van der Waals surface area contributed by atoms with Crippen LogP contribution in [0, 0.1) is 11.3 Å². The largest absolute Gasteiger partial charge is 0.495 e. The molecule has 2 aromatic rings. The fourth-order valence-electron chi connectivity index (χ4n) is 2.66. The first kappa shape index (κ1) is 20.3. The number of anilines is 2. The number of halogens is 1. The van der Waals surface area contributed by atoms with Gasteiger partial charge >= 0.3 is 0 Å². The highest BCUT2D eigenvalue weighted by Gasteiger charge is 2.12. The van der Waals surface area contributed by atoms with Gasteiger partial charge < -0.3 is 15.4 Å². The number of hydrogen-bond donors (Lipinski definition) is 2. The van der Waals surface area contributed by atoms with Gasteiger partial charge in [0, 0.05) is 17.6 Å². The van der Waals surface area contributed by atoms with Gasteiger partial charge in [0.05, 0.1) is 12.1 Å². The van der Waals surface area contributed by atoms with Crippen molar-refractivity contribution in [1.29, 1.82) is 5.26 Å². The second-order valence-electron chi connectivity index (χ2n) is 5.78. The number of amides is 1. The van der Waals surface area contributed by atoms with Crippen LogP contribution in [0.15, 0.2) is 48.2 Å². The van der Waals surface area contributed by atoms with Crippen LogP contribution in [0.4, 0.5) is 11.4 Å². The zero-order valence-electron chi connectivity index (χ0n) is 15.6. The maximum atomic E-state index is 12.4. The number of methoxy groups -OCH3 is 1. The number of benzene rings is 2. The van der Waals surface area contributed by atoms with Gasteiger partial charge in [-0.3, -0.25) is 4.79 Å². The first-order chi connectivity index (χ1) is 13.0. The molecule has 6 heteroatoms. The fraction of sp³-hybridized carbons (Fsp3) is 0.238. The Morgan fingerprint density at radius 2 is 1.89 bits per heavy atom. The van der Waals surface area contributed by atoms with E-state index in [2.05, 4.69) is 24.5 Å². The minimum absolute atomic E-state index is 0.0325. The number of hydrogen-bond acceptors (Lipinski definition) is 4. The summed E-state index contributed by atoms with van der Waals surface area (Å²) in [5, 5.41) is 15.6. The molecule has 140 valence electrons. The summed E-state index contributed by atoms with van der Waals surface area (Å²) in [6.07, 6.45) is 3.14. The van der Waals surface area contributed by atoms with Crippen molar-refractivity contribution in [3.8, 4) is 11.8 Å². The van der Waals surface area contributed by atoms with Gasteiger partial charge in [-0.1, -0.05) is 43.6 Å². The summed E-state index contributed by atoms with van der Waals surface area (Å²) in [6.45, 7) is 4.13. The molecule has 0 fully saturated rings. The number of carbonyl (C=O) groups excluding carboxylic acids is 1. The zero-order valence-corrected chi connectivity index (χ0v) is 16.4. The topological polar surface area (TPSA) is 74.2 Å². The van der Waals surface area contributed by atoms with Gasteiger partial charge in [0.15, 0.2) is 0 Å². The molecule has 0 aliphatic heterocycles. The van der Waals surface area contributed by atoms with Crippen molar-refractivity contribution in [3.63, 3.8) is 0 Å². The molecule has 2 rings (SSSR count). The van der Waals surface area contributed by atoms with Gasteiger partial charge in [0.25, 0.3) is 5.91 Å². The SMILES string of the molecule is CCc1cccc(CC)c1N/C=C(/C#N)C(=O)Nc1ccc(OC)c(Cl)c1. The van der Waals surface area contributed by atoms with Crippen LogP contribution < -0.4 is 15.4 Å². The van der Waals surface area contributed by atoms with Crippen LogP contribution in [0.3, 0.4) is 0 Å². The van der Waals surface area contributed by atoms with Gasteiger partial charge in [-0.05, 0) is 42.2 Å². The Bertz CT molecular complexity index is 879. The highest BCUT2D eigenvalue weighted by atomic mass is 35.5. The number of nitriles is 1. The van der Waals surface area contributed by atoms with E-state index in [-0.39, 0.29) is 5.57 Å². The van der Waals surface area contributed by atoms with Crippen molar-refractivity contribution in [2.24, 2.45) is 0 Å². The molecule has 0 bridgehead atoms. The highest BCUT2D eigenvalue weighted by molar-refractivity contribution is 6.32. The number of ether oxygens (including phenoxy) is 1. The van der Waals surface area contributed by atoms with Gasteiger partial charge in [0.2, 0.25) is 0 Å². The molecule has 27 heavy (non-hydrogen) atoms. The van der Waals surface area contributed by atoms with E-state index in [0.29, 0.717) is 16.5 Å². The first-order valence-corrected chi connectivity index (χ1v) is 9.04. The normalized spacial score (nSPS) is 10.9. The van der Waals surface area contributed by atoms with E-state index >= 15 is 0 Å². The Kier molecular flexibility index (Phi) is 7.27. The van der Waals surface area contributed by atoms with Crippen LogP contribution in [-0.2, 0) is 17.6 Å². The third kappa shape index (κ3) is 5.02. The second-order valence-corrected chi connectivity index (χ2v) is 6.18. The predicted octanol–water partition coefficient (Wildman–Crippen LogP) is 4.93. The number of rotatable bonds is 7. The first-order valence-electron chi connectivity index (χ1n) is 8.66. The van der Waals surface area contributed by atoms with Crippen molar-refractivity contribution in [2.45, 2.75) is 26.7 Å².